The number of rotatable bonds is 1. The summed E-state index contributed by atoms with van der Waals surface area (Å²) in [5.41, 5.74) is 4.04. The summed E-state index contributed by atoms with van der Waals surface area (Å²) in [5.74, 6) is -2.08. The van der Waals surface area contributed by atoms with Gasteiger partial charge < -0.3 is 10.6 Å². The third-order valence-corrected chi connectivity index (χ3v) is 4.47. The molecule has 0 radical (unpaired) electrons. The van der Waals surface area contributed by atoms with E-state index < -0.39 is 35.2 Å². The lowest BCUT2D eigenvalue weighted by Gasteiger charge is -2.40. The summed E-state index contributed by atoms with van der Waals surface area (Å²) in [6, 6.07) is 1.16. The number of piperidine rings is 1. The highest BCUT2D eigenvalue weighted by atomic mass is 32.1. The standard InChI is InChI=1S/C12H12F6N2OS/c13-11(14,15)8-7(2-5-22-8)10(19)3-1-4-20(6-10)9(21)12(16,17)18/h2,5H,1,3-4,6,19H2. The van der Waals surface area contributed by atoms with Crippen LogP contribution >= 0.6 is 11.3 Å². The number of amides is 1. The Morgan fingerprint density at radius 1 is 1.27 bits per heavy atom. The van der Waals surface area contributed by atoms with Crippen LogP contribution in [0.15, 0.2) is 11.4 Å². The summed E-state index contributed by atoms with van der Waals surface area (Å²) in [4.78, 5) is 10.8. The lowest BCUT2D eigenvalue weighted by Crippen LogP contribution is -2.56. The number of alkyl halides is 6. The predicted octanol–water partition coefficient (Wildman–Crippen LogP) is 3.11. The maximum Gasteiger partial charge on any atom is 0.471 e. The van der Waals surface area contributed by atoms with Crippen LogP contribution in [0.25, 0.3) is 0 Å². The number of hydrogen-bond donors (Lipinski definition) is 1. The number of nitrogens with zero attached hydrogens (tertiary/aromatic N) is 1. The van der Waals surface area contributed by atoms with E-state index in [-0.39, 0.29) is 24.9 Å². The third-order valence-electron chi connectivity index (χ3n) is 3.51. The third kappa shape index (κ3) is 3.22. The Bertz CT molecular complexity index is 567. The zero-order chi connectivity index (χ0) is 16.8. The Kier molecular flexibility index (Phi) is 4.20. The molecule has 0 bridgehead atoms. The van der Waals surface area contributed by atoms with E-state index in [0.717, 1.165) is 6.07 Å². The Morgan fingerprint density at radius 2 is 1.91 bits per heavy atom. The van der Waals surface area contributed by atoms with Gasteiger partial charge in [-0.1, -0.05) is 0 Å². The summed E-state index contributed by atoms with van der Waals surface area (Å²) >= 11 is 0.433. The monoisotopic (exact) mass is 346 g/mol. The van der Waals surface area contributed by atoms with Crippen molar-refractivity contribution >= 4 is 17.2 Å². The van der Waals surface area contributed by atoms with Crippen molar-refractivity contribution in [3.63, 3.8) is 0 Å². The van der Waals surface area contributed by atoms with Crippen molar-refractivity contribution in [2.75, 3.05) is 13.1 Å². The van der Waals surface area contributed by atoms with Gasteiger partial charge in [-0.25, -0.2) is 0 Å². The van der Waals surface area contributed by atoms with Crippen LogP contribution in [0.2, 0.25) is 0 Å². The molecular formula is C12H12F6N2OS. The van der Waals surface area contributed by atoms with Gasteiger partial charge in [0.1, 0.15) is 4.88 Å². The first-order valence-electron chi connectivity index (χ1n) is 6.25. The number of hydrogen-bond acceptors (Lipinski definition) is 3. The van der Waals surface area contributed by atoms with E-state index in [1.807, 2.05) is 0 Å². The van der Waals surface area contributed by atoms with Crippen LogP contribution < -0.4 is 5.73 Å². The van der Waals surface area contributed by atoms with Gasteiger partial charge in [0, 0.05) is 13.1 Å². The second-order valence-electron chi connectivity index (χ2n) is 5.15. The van der Waals surface area contributed by atoms with Crippen molar-refractivity contribution < 1.29 is 31.1 Å². The van der Waals surface area contributed by atoms with Crippen molar-refractivity contribution in [1.82, 2.24) is 4.90 Å². The van der Waals surface area contributed by atoms with E-state index in [2.05, 4.69) is 0 Å². The van der Waals surface area contributed by atoms with Gasteiger partial charge in [0.05, 0.1) is 5.54 Å². The zero-order valence-electron chi connectivity index (χ0n) is 11.1. The number of carbonyl (C=O) groups is 1. The normalized spacial score (nSPS) is 23.7. The van der Waals surface area contributed by atoms with Crippen LogP contribution in [-0.4, -0.2) is 30.1 Å². The molecule has 1 aliphatic rings. The smallest absolute Gasteiger partial charge is 0.333 e. The van der Waals surface area contributed by atoms with E-state index in [4.69, 9.17) is 5.73 Å². The van der Waals surface area contributed by atoms with Crippen LogP contribution in [-0.2, 0) is 16.5 Å². The zero-order valence-corrected chi connectivity index (χ0v) is 11.9. The van der Waals surface area contributed by atoms with Gasteiger partial charge in [0.25, 0.3) is 0 Å². The molecule has 3 nitrogen and oxygen atoms in total. The number of thiophene rings is 1. The lowest BCUT2D eigenvalue weighted by atomic mass is 9.83. The highest BCUT2D eigenvalue weighted by Gasteiger charge is 2.48. The molecule has 1 aromatic rings. The summed E-state index contributed by atoms with van der Waals surface area (Å²) in [6.07, 6.45) is -9.52. The molecule has 0 spiro atoms. The molecule has 0 aliphatic carbocycles. The van der Waals surface area contributed by atoms with Gasteiger partial charge in [0.2, 0.25) is 0 Å². The molecule has 0 aromatic carbocycles. The van der Waals surface area contributed by atoms with Crippen LogP contribution in [0, 0.1) is 0 Å². The van der Waals surface area contributed by atoms with Crippen LogP contribution in [0.4, 0.5) is 26.3 Å². The summed E-state index contributed by atoms with van der Waals surface area (Å²) in [7, 11) is 0. The molecule has 1 aliphatic heterocycles. The minimum Gasteiger partial charge on any atom is -0.333 e. The van der Waals surface area contributed by atoms with Gasteiger partial charge in [-0.3, -0.25) is 4.79 Å². The minimum absolute atomic E-state index is 0.0778. The molecular weight excluding hydrogens is 334 g/mol. The summed E-state index contributed by atoms with van der Waals surface area (Å²) in [6.45, 7) is -0.770. The maximum absolute atomic E-state index is 12.9. The molecule has 1 fully saturated rings. The maximum atomic E-state index is 12.9. The molecule has 2 heterocycles. The Morgan fingerprint density at radius 3 is 2.45 bits per heavy atom. The van der Waals surface area contributed by atoms with E-state index >= 15 is 0 Å². The molecule has 1 atom stereocenters. The Balaban J connectivity index is 2.31. The highest BCUT2D eigenvalue weighted by molar-refractivity contribution is 7.10. The first-order valence-corrected chi connectivity index (χ1v) is 7.13. The fourth-order valence-corrected chi connectivity index (χ4v) is 3.45. The minimum atomic E-state index is -5.07. The predicted molar refractivity (Wildman–Crippen MR) is 67.1 cm³/mol. The number of likely N-dealkylation sites (tertiary alicyclic amines) is 1. The first-order chi connectivity index (χ1) is 9.95. The topological polar surface area (TPSA) is 46.3 Å². The molecule has 0 saturated carbocycles. The van der Waals surface area contributed by atoms with E-state index in [9.17, 15) is 31.1 Å². The van der Waals surface area contributed by atoms with Crippen molar-refractivity contribution in [3.05, 3.63) is 21.9 Å². The molecule has 22 heavy (non-hydrogen) atoms. The fourth-order valence-electron chi connectivity index (χ4n) is 2.58. The molecule has 10 heteroatoms. The van der Waals surface area contributed by atoms with Crippen LogP contribution in [0.1, 0.15) is 23.3 Å². The van der Waals surface area contributed by atoms with Crippen molar-refractivity contribution in [2.24, 2.45) is 5.73 Å². The lowest BCUT2D eigenvalue weighted by molar-refractivity contribution is -0.187. The largest absolute Gasteiger partial charge is 0.471 e. The van der Waals surface area contributed by atoms with Crippen molar-refractivity contribution in [2.45, 2.75) is 30.7 Å². The van der Waals surface area contributed by atoms with Crippen molar-refractivity contribution in [1.29, 1.82) is 0 Å². The quantitative estimate of drug-likeness (QED) is 0.795. The molecule has 1 unspecified atom stereocenters. The van der Waals surface area contributed by atoms with Gasteiger partial charge in [0.15, 0.2) is 0 Å². The molecule has 1 aromatic heterocycles. The number of nitrogens with two attached hydrogens (primary N) is 1. The average Bonchev–Trinajstić information content (AvgIpc) is 2.86. The van der Waals surface area contributed by atoms with Crippen LogP contribution in [0.3, 0.4) is 0 Å². The molecule has 124 valence electrons. The molecule has 1 saturated heterocycles. The van der Waals surface area contributed by atoms with Crippen LogP contribution in [0.5, 0.6) is 0 Å². The Labute approximate surface area is 125 Å². The number of halogens is 6. The van der Waals surface area contributed by atoms with E-state index in [0.29, 0.717) is 16.2 Å². The fraction of sp³-hybridized carbons (Fsp3) is 0.583. The van der Waals surface area contributed by atoms with E-state index in [1.54, 1.807) is 0 Å². The number of carbonyl (C=O) groups excluding carboxylic acids is 1. The van der Waals surface area contributed by atoms with Crippen molar-refractivity contribution in [3.8, 4) is 0 Å². The molecule has 2 rings (SSSR count). The SMILES string of the molecule is NC1(c2ccsc2C(F)(F)F)CCCN(C(=O)C(F)(F)F)C1. The van der Waals surface area contributed by atoms with Gasteiger partial charge in [-0.15, -0.1) is 11.3 Å². The van der Waals surface area contributed by atoms with E-state index in [1.165, 1.54) is 5.38 Å². The van der Waals surface area contributed by atoms with Gasteiger partial charge in [-0.2, -0.15) is 26.3 Å². The second kappa shape index (κ2) is 5.41. The van der Waals surface area contributed by atoms with Gasteiger partial charge in [-0.05, 0) is 29.9 Å². The first kappa shape index (κ1) is 17.1. The summed E-state index contributed by atoms with van der Waals surface area (Å²) < 4.78 is 76.3. The van der Waals surface area contributed by atoms with Gasteiger partial charge >= 0.3 is 18.3 Å². The molecule has 1 amide bonds. The second-order valence-corrected chi connectivity index (χ2v) is 6.06. The Hall–Kier alpha value is -1.29. The average molecular weight is 346 g/mol. The highest BCUT2D eigenvalue weighted by Crippen LogP contribution is 2.42. The summed E-state index contributed by atoms with van der Waals surface area (Å²) in [5, 5.41) is 1.19. The molecule has 2 N–H and O–H groups in total.